The Morgan fingerprint density at radius 3 is 2.78 bits per heavy atom. The molecule has 0 spiro atoms. The van der Waals surface area contributed by atoms with Crippen molar-refractivity contribution in [1.29, 1.82) is 0 Å². The highest BCUT2D eigenvalue weighted by atomic mass is 32.1. The molecule has 0 aliphatic rings. The van der Waals surface area contributed by atoms with Crippen molar-refractivity contribution in [3.8, 4) is 0 Å². The Labute approximate surface area is 112 Å². The molecule has 1 heterocycles. The third kappa shape index (κ3) is 2.71. The Balaban J connectivity index is 2.33. The molecular weight excluding hydrogens is 244 g/mol. The van der Waals surface area contributed by atoms with E-state index in [0.717, 1.165) is 23.1 Å². The Morgan fingerprint density at radius 2 is 2.22 bits per heavy atom. The zero-order chi connectivity index (χ0) is 13.1. The number of hydrogen-bond acceptors (Lipinski definition) is 4. The first-order valence-electron chi connectivity index (χ1n) is 6.09. The van der Waals surface area contributed by atoms with Crippen LogP contribution < -0.4 is 4.90 Å². The minimum atomic E-state index is -0.508. The van der Waals surface area contributed by atoms with Gasteiger partial charge < -0.3 is 10.0 Å². The smallest absolute Gasteiger partial charge is 0.190 e. The average Bonchev–Trinajstić information content (AvgIpc) is 2.80. The molecule has 0 bridgehead atoms. The first kappa shape index (κ1) is 13.1. The zero-order valence-electron chi connectivity index (χ0n) is 10.9. The molecule has 96 valence electrons. The van der Waals surface area contributed by atoms with Gasteiger partial charge in [-0.3, -0.25) is 0 Å². The minimum absolute atomic E-state index is 0.508. The third-order valence-corrected chi connectivity index (χ3v) is 3.68. The maximum absolute atomic E-state index is 9.53. The zero-order valence-corrected chi connectivity index (χ0v) is 11.7. The van der Waals surface area contributed by atoms with Gasteiger partial charge in [-0.15, -0.1) is 11.3 Å². The lowest BCUT2D eigenvalue weighted by Crippen LogP contribution is -2.16. The number of aryl methyl sites for hydroxylation is 1. The fourth-order valence-corrected chi connectivity index (χ4v) is 2.81. The normalized spacial score (nSPS) is 12.4. The van der Waals surface area contributed by atoms with Crippen molar-refractivity contribution in [2.45, 2.75) is 26.9 Å². The van der Waals surface area contributed by atoms with Gasteiger partial charge in [0.25, 0.3) is 0 Å². The predicted octanol–water partition coefficient (Wildman–Crippen LogP) is 3.66. The fourth-order valence-electron chi connectivity index (χ4n) is 1.82. The van der Waals surface area contributed by atoms with Gasteiger partial charge >= 0.3 is 0 Å². The minimum Gasteiger partial charge on any atom is -0.387 e. The van der Waals surface area contributed by atoms with E-state index in [1.165, 1.54) is 5.56 Å². The van der Waals surface area contributed by atoms with E-state index >= 15 is 0 Å². The van der Waals surface area contributed by atoms with Crippen LogP contribution in [0.3, 0.4) is 0 Å². The van der Waals surface area contributed by atoms with Crippen molar-refractivity contribution < 1.29 is 5.11 Å². The Kier molecular flexibility index (Phi) is 3.99. The van der Waals surface area contributed by atoms with E-state index in [1.54, 1.807) is 18.3 Å². The van der Waals surface area contributed by atoms with Crippen LogP contribution in [-0.2, 0) is 0 Å². The summed E-state index contributed by atoms with van der Waals surface area (Å²) in [7, 11) is 0. The molecule has 1 N–H and O–H groups in total. The Morgan fingerprint density at radius 1 is 1.44 bits per heavy atom. The van der Waals surface area contributed by atoms with Gasteiger partial charge in [0.1, 0.15) is 0 Å². The van der Waals surface area contributed by atoms with E-state index in [4.69, 9.17) is 0 Å². The molecular formula is C14H18N2OS. The number of anilines is 2. The van der Waals surface area contributed by atoms with Crippen molar-refractivity contribution in [2.75, 3.05) is 11.4 Å². The number of rotatable bonds is 4. The summed E-state index contributed by atoms with van der Waals surface area (Å²) in [5, 5.41) is 12.4. The number of nitrogens with zero attached hydrogens (tertiary/aromatic N) is 2. The number of aromatic nitrogens is 1. The van der Waals surface area contributed by atoms with Crippen LogP contribution in [0, 0.1) is 6.92 Å². The fraction of sp³-hybridized carbons (Fsp3) is 0.357. The summed E-state index contributed by atoms with van der Waals surface area (Å²) in [4.78, 5) is 6.64. The average molecular weight is 262 g/mol. The maximum atomic E-state index is 9.53. The van der Waals surface area contributed by atoms with Crippen molar-refractivity contribution in [1.82, 2.24) is 4.98 Å². The summed E-state index contributed by atoms with van der Waals surface area (Å²) in [6.45, 7) is 6.78. The molecule has 4 heteroatoms. The van der Waals surface area contributed by atoms with Gasteiger partial charge in [0.05, 0.1) is 11.8 Å². The first-order valence-corrected chi connectivity index (χ1v) is 6.97. The van der Waals surface area contributed by atoms with Crippen LogP contribution in [0.25, 0.3) is 0 Å². The quantitative estimate of drug-likeness (QED) is 0.913. The van der Waals surface area contributed by atoms with E-state index in [1.807, 2.05) is 5.38 Å². The van der Waals surface area contributed by atoms with Gasteiger partial charge in [0, 0.05) is 17.6 Å². The highest BCUT2D eigenvalue weighted by Crippen LogP contribution is 2.30. The Bertz CT molecular complexity index is 522. The van der Waals surface area contributed by atoms with Crippen LogP contribution in [0.4, 0.5) is 10.8 Å². The molecule has 0 aliphatic heterocycles. The highest BCUT2D eigenvalue weighted by molar-refractivity contribution is 7.13. The lowest BCUT2D eigenvalue weighted by molar-refractivity contribution is 0.195. The predicted molar refractivity (Wildman–Crippen MR) is 76.6 cm³/mol. The van der Waals surface area contributed by atoms with E-state index in [-0.39, 0.29) is 0 Å². The monoisotopic (exact) mass is 262 g/mol. The summed E-state index contributed by atoms with van der Waals surface area (Å²) in [6.07, 6.45) is -0.508. The molecule has 2 aromatic rings. The van der Waals surface area contributed by atoms with Gasteiger partial charge in [0.2, 0.25) is 0 Å². The largest absolute Gasteiger partial charge is 0.387 e. The lowest BCUT2D eigenvalue weighted by atomic mass is 10.2. The number of hydrogen-bond donors (Lipinski definition) is 1. The van der Waals surface area contributed by atoms with Crippen LogP contribution in [0.5, 0.6) is 0 Å². The number of aliphatic hydroxyl groups excluding tert-OH is 1. The molecule has 0 saturated carbocycles. The summed E-state index contributed by atoms with van der Waals surface area (Å²) in [6, 6.07) is 8.36. The van der Waals surface area contributed by atoms with Crippen LogP contribution >= 0.6 is 11.3 Å². The molecule has 0 saturated heterocycles. The van der Waals surface area contributed by atoms with Crippen molar-refractivity contribution in [2.24, 2.45) is 0 Å². The van der Waals surface area contributed by atoms with Gasteiger partial charge in [-0.1, -0.05) is 12.1 Å². The highest BCUT2D eigenvalue weighted by Gasteiger charge is 2.13. The van der Waals surface area contributed by atoms with Gasteiger partial charge in [-0.05, 0) is 38.5 Å². The van der Waals surface area contributed by atoms with Crippen LogP contribution in [0.15, 0.2) is 29.6 Å². The lowest BCUT2D eigenvalue weighted by Gasteiger charge is -2.20. The first-order chi connectivity index (χ1) is 8.61. The molecule has 0 fully saturated rings. The summed E-state index contributed by atoms with van der Waals surface area (Å²) in [5.74, 6) is 0. The van der Waals surface area contributed by atoms with Crippen molar-refractivity contribution >= 4 is 22.2 Å². The van der Waals surface area contributed by atoms with Gasteiger partial charge in [-0.25, -0.2) is 4.98 Å². The van der Waals surface area contributed by atoms with Crippen LogP contribution in [0.2, 0.25) is 0 Å². The van der Waals surface area contributed by atoms with Crippen LogP contribution in [-0.4, -0.2) is 16.6 Å². The molecule has 0 amide bonds. The van der Waals surface area contributed by atoms with Crippen molar-refractivity contribution in [3.05, 3.63) is 40.9 Å². The standard InChI is InChI=1S/C14H18N2OS/c1-4-16(12-7-5-6-10(2)8-12)14-15-13(9-18-14)11(3)17/h5-9,11,17H,4H2,1-3H3. The van der Waals surface area contributed by atoms with E-state index in [2.05, 4.69) is 48.0 Å². The molecule has 1 aromatic heterocycles. The van der Waals surface area contributed by atoms with E-state index in [9.17, 15) is 5.11 Å². The molecule has 1 atom stereocenters. The second-order valence-electron chi connectivity index (χ2n) is 4.31. The molecule has 1 aromatic carbocycles. The van der Waals surface area contributed by atoms with Crippen molar-refractivity contribution in [3.63, 3.8) is 0 Å². The summed E-state index contributed by atoms with van der Waals surface area (Å²) >= 11 is 1.57. The van der Waals surface area contributed by atoms with Gasteiger partial charge in [-0.2, -0.15) is 0 Å². The van der Waals surface area contributed by atoms with Gasteiger partial charge in [0.15, 0.2) is 5.13 Å². The SMILES string of the molecule is CCN(c1cccc(C)c1)c1nc(C(C)O)cs1. The molecule has 1 unspecified atom stereocenters. The Hall–Kier alpha value is -1.39. The maximum Gasteiger partial charge on any atom is 0.190 e. The number of aliphatic hydroxyl groups is 1. The van der Waals surface area contributed by atoms with Crippen LogP contribution in [0.1, 0.15) is 31.2 Å². The molecule has 18 heavy (non-hydrogen) atoms. The second-order valence-corrected chi connectivity index (χ2v) is 5.15. The third-order valence-electron chi connectivity index (χ3n) is 2.80. The topological polar surface area (TPSA) is 36.4 Å². The van der Waals surface area contributed by atoms with E-state index < -0.39 is 6.10 Å². The number of thiazole rings is 1. The number of benzene rings is 1. The molecule has 0 aliphatic carbocycles. The summed E-state index contributed by atoms with van der Waals surface area (Å²) < 4.78 is 0. The molecule has 3 nitrogen and oxygen atoms in total. The molecule has 0 radical (unpaired) electrons. The van der Waals surface area contributed by atoms with E-state index in [0.29, 0.717) is 0 Å². The molecule has 2 rings (SSSR count). The summed E-state index contributed by atoms with van der Waals surface area (Å²) in [5.41, 5.74) is 3.11. The second kappa shape index (κ2) is 5.50.